The Morgan fingerprint density at radius 2 is 2.09 bits per heavy atom. The second-order valence-electron chi connectivity index (χ2n) is 10.9. The van der Waals surface area contributed by atoms with E-state index in [1.807, 2.05) is 11.8 Å². The molecule has 7 rings (SSSR count). The third-order valence-corrected chi connectivity index (χ3v) is 9.51. The van der Waals surface area contributed by atoms with Crippen LogP contribution in [0.3, 0.4) is 0 Å². The zero-order chi connectivity index (χ0) is 23.6. The first-order chi connectivity index (χ1) is 16.4. The molecule has 9 heteroatoms. The highest BCUT2D eigenvalue weighted by molar-refractivity contribution is 5.93. The number of carbonyl (C=O) groups excluding carboxylic acids is 2. The second kappa shape index (κ2) is 6.69. The van der Waals surface area contributed by atoms with Crippen molar-refractivity contribution in [3.05, 3.63) is 22.9 Å². The molecule has 34 heavy (non-hydrogen) atoms. The number of esters is 1. The molecule has 1 spiro atoms. The molecule has 1 amide bonds. The van der Waals surface area contributed by atoms with Gasteiger partial charge in [-0.3, -0.25) is 4.90 Å². The minimum atomic E-state index is -0.756. The SMILES string of the molecule is CCOC(=O)N(C[C@@]12[C@@H]3C[C@H]4[C@H]5[C@H](C)/C(=C6/OC(=O)C(C)=C6OC)O[C@]5(O3)[C@H]1CCN42)C1CC1. The average Bonchev–Trinajstić information content (AvgIpc) is 3.29. The minimum Gasteiger partial charge on any atom is -0.492 e. The molecule has 0 radical (unpaired) electrons. The van der Waals surface area contributed by atoms with Crippen molar-refractivity contribution >= 4 is 12.1 Å². The van der Waals surface area contributed by atoms with E-state index in [4.69, 9.17) is 23.7 Å². The number of rotatable bonds is 5. The van der Waals surface area contributed by atoms with E-state index in [0.717, 1.165) is 32.2 Å². The van der Waals surface area contributed by atoms with Gasteiger partial charge in [0.25, 0.3) is 0 Å². The molecule has 184 valence electrons. The van der Waals surface area contributed by atoms with Crippen LogP contribution < -0.4 is 0 Å². The Bertz CT molecular complexity index is 1050. The molecule has 0 N–H and O–H groups in total. The Labute approximate surface area is 198 Å². The average molecular weight is 473 g/mol. The summed E-state index contributed by atoms with van der Waals surface area (Å²) in [6.45, 7) is 7.71. The summed E-state index contributed by atoms with van der Waals surface area (Å²) < 4.78 is 30.3. The van der Waals surface area contributed by atoms with Gasteiger partial charge in [0, 0.05) is 30.5 Å². The highest BCUT2D eigenvalue weighted by Gasteiger charge is 2.84. The Balaban J connectivity index is 1.28. The van der Waals surface area contributed by atoms with Gasteiger partial charge in [0.1, 0.15) is 5.76 Å². The number of allylic oxidation sites excluding steroid dienone is 1. The third kappa shape index (κ3) is 2.28. The number of carbonyl (C=O) groups is 2. The molecule has 1 aliphatic carbocycles. The largest absolute Gasteiger partial charge is 0.492 e. The molecule has 0 aromatic heterocycles. The van der Waals surface area contributed by atoms with E-state index in [-0.39, 0.29) is 41.5 Å². The molecule has 8 atom stereocenters. The summed E-state index contributed by atoms with van der Waals surface area (Å²) in [6, 6.07) is 0.568. The fourth-order valence-corrected chi connectivity index (χ4v) is 8.21. The molecule has 6 heterocycles. The van der Waals surface area contributed by atoms with Gasteiger partial charge in [-0.2, -0.15) is 0 Å². The quantitative estimate of drug-likeness (QED) is 0.565. The van der Waals surface area contributed by atoms with E-state index in [1.165, 1.54) is 0 Å². The lowest BCUT2D eigenvalue weighted by Gasteiger charge is -2.49. The molecule has 0 aromatic rings. The first-order valence-electron chi connectivity index (χ1n) is 12.7. The number of methoxy groups -OCH3 is 1. The van der Waals surface area contributed by atoms with Crippen molar-refractivity contribution in [2.75, 3.05) is 26.8 Å². The van der Waals surface area contributed by atoms with Crippen LogP contribution in [0.15, 0.2) is 22.9 Å². The number of cyclic esters (lactones) is 1. The number of hydrogen-bond acceptors (Lipinski definition) is 8. The van der Waals surface area contributed by atoms with Crippen LogP contribution in [0.1, 0.15) is 46.5 Å². The molecule has 5 bridgehead atoms. The number of piperidine rings is 1. The zero-order valence-corrected chi connectivity index (χ0v) is 20.2. The minimum absolute atomic E-state index is 0.0128. The van der Waals surface area contributed by atoms with Gasteiger partial charge in [-0.05, 0) is 46.1 Å². The summed E-state index contributed by atoms with van der Waals surface area (Å²) >= 11 is 0. The van der Waals surface area contributed by atoms with Crippen LogP contribution in [0.25, 0.3) is 0 Å². The molecule has 1 saturated carbocycles. The fourth-order valence-electron chi connectivity index (χ4n) is 8.21. The molecule has 0 aromatic carbocycles. The van der Waals surface area contributed by atoms with Crippen molar-refractivity contribution in [3.63, 3.8) is 0 Å². The van der Waals surface area contributed by atoms with E-state index in [2.05, 4.69) is 11.8 Å². The zero-order valence-electron chi connectivity index (χ0n) is 20.2. The standard InChI is InChI=1S/C25H32N2O7/c1-5-31-23(29)26(14-6-7-14)11-24-16-8-9-27(24)15-10-17(24)33-25(16)18(15)12(2)20(34-25)21-19(30-4)13(3)22(28)32-21/h12,14-18H,5-11H2,1-4H3/b21-20-/t12-,15-,16-,17-,18+,24-,25+/m0/s1. The van der Waals surface area contributed by atoms with Gasteiger partial charge in [0.05, 0.1) is 36.9 Å². The summed E-state index contributed by atoms with van der Waals surface area (Å²) in [4.78, 5) is 29.8. The van der Waals surface area contributed by atoms with Gasteiger partial charge in [0.15, 0.2) is 5.76 Å². The van der Waals surface area contributed by atoms with E-state index >= 15 is 0 Å². The van der Waals surface area contributed by atoms with Gasteiger partial charge in [-0.1, -0.05) is 6.92 Å². The van der Waals surface area contributed by atoms with Gasteiger partial charge in [-0.15, -0.1) is 0 Å². The Hall–Kier alpha value is -2.26. The lowest BCUT2D eigenvalue weighted by atomic mass is 9.70. The van der Waals surface area contributed by atoms with Crippen LogP contribution in [0.4, 0.5) is 4.79 Å². The van der Waals surface area contributed by atoms with Gasteiger partial charge < -0.3 is 28.6 Å². The molecule has 7 aliphatic rings. The number of ether oxygens (including phenoxy) is 5. The van der Waals surface area contributed by atoms with Crippen molar-refractivity contribution in [1.29, 1.82) is 0 Å². The molecule has 6 fully saturated rings. The predicted molar refractivity (Wildman–Crippen MR) is 117 cm³/mol. The summed E-state index contributed by atoms with van der Waals surface area (Å²) in [6.07, 6.45) is 3.76. The number of hydrogen-bond donors (Lipinski definition) is 0. The van der Waals surface area contributed by atoms with E-state index in [0.29, 0.717) is 42.0 Å². The topological polar surface area (TPSA) is 86.8 Å². The van der Waals surface area contributed by atoms with Crippen LogP contribution in [0, 0.1) is 17.8 Å². The molecule has 1 unspecified atom stereocenters. The smallest absolute Gasteiger partial charge is 0.410 e. The van der Waals surface area contributed by atoms with Gasteiger partial charge in [0.2, 0.25) is 11.5 Å². The Morgan fingerprint density at radius 1 is 1.29 bits per heavy atom. The Kier molecular flexibility index (Phi) is 4.14. The number of fused-ring (bicyclic) bond motifs is 1. The molecular formula is C25H32N2O7. The normalized spacial score (nSPS) is 47.2. The first-order valence-corrected chi connectivity index (χ1v) is 12.7. The van der Waals surface area contributed by atoms with Crippen molar-refractivity contribution < 1.29 is 33.3 Å². The maximum absolute atomic E-state index is 12.9. The van der Waals surface area contributed by atoms with Crippen LogP contribution in [0.2, 0.25) is 0 Å². The van der Waals surface area contributed by atoms with Gasteiger partial charge in [-0.25, -0.2) is 9.59 Å². The molecular weight excluding hydrogens is 440 g/mol. The van der Waals surface area contributed by atoms with E-state index < -0.39 is 11.8 Å². The van der Waals surface area contributed by atoms with Crippen LogP contribution in [-0.4, -0.2) is 78.2 Å². The lowest BCUT2D eigenvalue weighted by Crippen LogP contribution is -2.65. The fraction of sp³-hybridized carbons (Fsp3) is 0.760. The summed E-state index contributed by atoms with van der Waals surface area (Å²) in [5.74, 6) is 0.659. The molecule has 9 nitrogen and oxygen atoms in total. The predicted octanol–water partition coefficient (Wildman–Crippen LogP) is 2.52. The van der Waals surface area contributed by atoms with E-state index in [9.17, 15) is 9.59 Å². The van der Waals surface area contributed by atoms with Crippen LogP contribution in [0.5, 0.6) is 0 Å². The van der Waals surface area contributed by atoms with Crippen LogP contribution in [-0.2, 0) is 28.5 Å². The monoisotopic (exact) mass is 472 g/mol. The maximum Gasteiger partial charge on any atom is 0.410 e. The highest BCUT2D eigenvalue weighted by atomic mass is 16.7. The van der Waals surface area contributed by atoms with Gasteiger partial charge >= 0.3 is 12.1 Å². The van der Waals surface area contributed by atoms with Crippen LogP contribution >= 0.6 is 0 Å². The van der Waals surface area contributed by atoms with Crippen molar-refractivity contribution in [3.8, 4) is 0 Å². The maximum atomic E-state index is 12.9. The molecule has 6 aliphatic heterocycles. The summed E-state index contributed by atoms with van der Waals surface area (Å²) in [5, 5.41) is 0. The number of amides is 1. The highest BCUT2D eigenvalue weighted by Crippen LogP contribution is 2.72. The summed E-state index contributed by atoms with van der Waals surface area (Å²) in [7, 11) is 1.55. The third-order valence-electron chi connectivity index (χ3n) is 9.51. The van der Waals surface area contributed by atoms with Crippen molar-refractivity contribution in [1.82, 2.24) is 9.80 Å². The van der Waals surface area contributed by atoms with Crippen molar-refractivity contribution in [2.45, 2.75) is 76.0 Å². The second-order valence-corrected chi connectivity index (χ2v) is 10.9. The number of nitrogens with zero attached hydrogens (tertiary/aromatic N) is 2. The van der Waals surface area contributed by atoms with Crippen molar-refractivity contribution in [2.24, 2.45) is 17.8 Å². The molecule has 5 saturated heterocycles. The summed E-state index contributed by atoms with van der Waals surface area (Å²) in [5.41, 5.74) is 0.206. The first kappa shape index (κ1) is 21.1. The Morgan fingerprint density at radius 3 is 2.79 bits per heavy atom. The lowest BCUT2D eigenvalue weighted by molar-refractivity contribution is -0.256. The van der Waals surface area contributed by atoms with E-state index in [1.54, 1.807) is 14.0 Å².